The Bertz CT molecular complexity index is 880. The smallest absolute Gasteiger partial charge is 0.257 e. The van der Waals surface area contributed by atoms with Gasteiger partial charge in [0.2, 0.25) is 0 Å². The Morgan fingerprint density at radius 2 is 1.42 bits per heavy atom. The first kappa shape index (κ1) is 17.4. The highest BCUT2D eigenvalue weighted by Gasteiger charge is 2.11. The summed E-state index contributed by atoms with van der Waals surface area (Å²) in [6.45, 7) is 0.517. The van der Waals surface area contributed by atoms with E-state index >= 15 is 0 Å². The number of anilines is 1. The van der Waals surface area contributed by atoms with Gasteiger partial charge in [-0.15, -0.1) is 0 Å². The molecular formula is C21H19N3O2. The van der Waals surface area contributed by atoms with Gasteiger partial charge in [0, 0.05) is 24.6 Å². The number of rotatable bonds is 6. The molecule has 0 bridgehead atoms. The van der Waals surface area contributed by atoms with Crippen LogP contribution in [0.5, 0.6) is 0 Å². The molecule has 3 aromatic rings. The van der Waals surface area contributed by atoms with E-state index in [9.17, 15) is 9.59 Å². The highest BCUT2D eigenvalue weighted by atomic mass is 16.2. The number of amides is 2. The first-order chi connectivity index (χ1) is 12.7. The van der Waals surface area contributed by atoms with Crippen molar-refractivity contribution in [2.45, 2.75) is 6.42 Å². The molecule has 5 nitrogen and oxygen atoms in total. The lowest BCUT2D eigenvalue weighted by Gasteiger charge is -2.08. The van der Waals surface area contributed by atoms with Crippen LogP contribution in [0.2, 0.25) is 0 Å². The number of aromatic nitrogens is 1. The summed E-state index contributed by atoms with van der Waals surface area (Å²) < 4.78 is 0. The van der Waals surface area contributed by atoms with Gasteiger partial charge in [-0.25, -0.2) is 0 Å². The van der Waals surface area contributed by atoms with Crippen molar-refractivity contribution in [3.05, 3.63) is 95.8 Å². The molecule has 130 valence electrons. The van der Waals surface area contributed by atoms with Crippen LogP contribution in [0.3, 0.4) is 0 Å². The third-order valence-electron chi connectivity index (χ3n) is 3.84. The molecular weight excluding hydrogens is 326 g/mol. The van der Waals surface area contributed by atoms with Crippen LogP contribution in [-0.4, -0.2) is 23.3 Å². The van der Waals surface area contributed by atoms with E-state index in [-0.39, 0.29) is 11.8 Å². The molecule has 0 saturated heterocycles. The van der Waals surface area contributed by atoms with Crippen molar-refractivity contribution in [1.82, 2.24) is 10.3 Å². The fourth-order valence-electron chi connectivity index (χ4n) is 2.48. The van der Waals surface area contributed by atoms with E-state index in [2.05, 4.69) is 15.6 Å². The van der Waals surface area contributed by atoms with Crippen molar-refractivity contribution in [3.63, 3.8) is 0 Å². The van der Waals surface area contributed by atoms with E-state index < -0.39 is 0 Å². The quantitative estimate of drug-likeness (QED) is 0.720. The Hall–Kier alpha value is -3.47. The molecule has 2 aromatic carbocycles. The van der Waals surface area contributed by atoms with Crippen molar-refractivity contribution in [2.75, 3.05) is 11.9 Å². The third kappa shape index (κ3) is 4.77. The maximum absolute atomic E-state index is 12.3. The predicted molar refractivity (Wildman–Crippen MR) is 101 cm³/mol. The summed E-state index contributed by atoms with van der Waals surface area (Å²) in [5.41, 5.74) is 2.54. The number of hydrogen-bond acceptors (Lipinski definition) is 3. The Kier molecular flexibility index (Phi) is 5.72. The van der Waals surface area contributed by atoms with Gasteiger partial charge in [-0.3, -0.25) is 14.6 Å². The molecule has 0 saturated carbocycles. The molecule has 26 heavy (non-hydrogen) atoms. The van der Waals surface area contributed by atoms with Crippen LogP contribution in [-0.2, 0) is 6.42 Å². The van der Waals surface area contributed by atoms with E-state index in [1.54, 1.807) is 18.2 Å². The summed E-state index contributed by atoms with van der Waals surface area (Å²) >= 11 is 0. The van der Waals surface area contributed by atoms with Crippen LogP contribution in [0.1, 0.15) is 26.3 Å². The number of nitrogens with zero attached hydrogens (tertiary/aromatic N) is 1. The van der Waals surface area contributed by atoms with Crippen molar-refractivity contribution < 1.29 is 9.59 Å². The van der Waals surface area contributed by atoms with Crippen LogP contribution in [0.4, 0.5) is 5.69 Å². The van der Waals surface area contributed by atoms with Gasteiger partial charge in [0.15, 0.2) is 0 Å². The molecule has 2 N–H and O–H groups in total. The van der Waals surface area contributed by atoms with E-state index in [0.717, 1.165) is 12.0 Å². The minimum atomic E-state index is -0.303. The molecule has 0 radical (unpaired) electrons. The van der Waals surface area contributed by atoms with Crippen LogP contribution in [0.25, 0.3) is 0 Å². The fourth-order valence-corrected chi connectivity index (χ4v) is 2.48. The SMILES string of the molecule is O=C(NCCc1ccccc1)c1cncc(C(=O)Nc2ccccc2)c1. The number of carbonyl (C=O) groups excluding carboxylic acids is 2. The molecule has 0 aliphatic rings. The molecule has 1 heterocycles. The molecule has 0 spiro atoms. The van der Waals surface area contributed by atoms with Crippen molar-refractivity contribution >= 4 is 17.5 Å². The number of pyridine rings is 1. The summed E-state index contributed by atoms with van der Waals surface area (Å²) in [4.78, 5) is 28.6. The average Bonchev–Trinajstić information content (AvgIpc) is 2.69. The second kappa shape index (κ2) is 8.58. The molecule has 0 atom stereocenters. The Labute approximate surface area is 152 Å². The first-order valence-electron chi connectivity index (χ1n) is 8.36. The summed E-state index contributed by atoms with van der Waals surface area (Å²) in [7, 11) is 0. The maximum Gasteiger partial charge on any atom is 0.257 e. The Morgan fingerprint density at radius 1 is 0.808 bits per heavy atom. The zero-order valence-electron chi connectivity index (χ0n) is 14.2. The average molecular weight is 345 g/mol. The van der Waals surface area contributed by atoms with Crippen molar-refractivity contribution in [2.24, 2.45) is 0 Å². The first-order valence-corrected chi connectivity index (χ1v) is 8.36. The Balaban J connectivity index is 1.59. The molecule has 3 rings (SSSR count). The number of nitrogens with one attached hydrogen (secondary N) is 2. The van der Waals surface area contributed by atoms with E-state index in [1.807, 2.05) is 48.5 Å². The van der Waals surface area contributed by atoms with Gasteiger partial charge in [0.05, 0.1) is 11.1 Å². The zero-order chi connectivity index (χ0) is 18.2. The highest BCUT2D eigenvalue weighted by Crippen LogP contribution is 2.09. The molecule has 0 aliphatic carbocycles. The summed E-state index contributed by atoms with van der Waals surface area (Å²) in [6, 6.07) is 20.6. The van der Waals surface area contributed by atoms with Crippen molar-refractivity contribution in [1.29, 1.82) is 0 Å². The third-order valence-corrected chi connectivity index (χ3v) is 3.84. The second-order valence-corrected chi connectivity index (χ2v) is 5.77. The molecule has 0 fully saturated rings. The molecule has 2 amide bonds. The van der Waals surface area contributed by atoms with Gasteiger partial charge < -0.3 is 10.6 Å². The highest BCUT2D eigenvalue weighted by molar-refractivity contribution is 6.05. The van der Waals surface area contributed by atoms with Gasteiger partial charge in [-0.05, 0) is 30.2 Å². The molecule has 5 heteroatoms. The summed E-state index contributed by atoms with van der Waals surface area (Å²) in [6.07, 6.45) is 3.64. The Morgan fingerprint density at radius 3 is 2.12 bits per heavy atom. The molecule has 0 aliphatic heterocycles. The van der Waals surface area contributed by atoms with Crippen LogP contribution < -0.4 is 10.6 Å². The lowest BCUT2D eigenvalue weighted by molar-refractivity contribution is 0.0953. The second-order valence-electron chi connectivity index (χ2n) is 5.77. The molecule has 1 aromatic heterocycles. The predicted octanol–water partition coefficient (Wildman–Crippen LogP) is 3.31. The topological polar surface area (TPSA) is 71.1 Å². The summed E-state index contributed by atoms with van der Waals surface area (Å²) in [5.74, 6) is -0.551. The monoisotopic (exact) mass is 345 g/mol. The molecule has 0 unspecified atom stereocenters. The van der Waals surface area contributed by atoms with Gasteiger partial charge in [-0.1, -0.05) is 48.5 Å². The van der Waals surface area contributed by atoms with E-state index in [4.69, 9.17) is 0 Å². The van der Waals surface area contributed by atoms with Gasteiger partial charge in [0.1, 0.15) is 0 Å². The van der Waals surface area contributed by atoms with Gasteiger partial charge in [0.25, 0.3) is 11.8 Å². The van der Waals surface area contributed by atoms with Crippen molar-refractivity contribution in [3.8, 4) is 0 Å². The lowest BCUT2D eigenvalue weighted by Crippen LogP contribution is -2.26. The number of hydrogen-bond donors (Lipinski definition) is 2. The number of carbonyl (C=O) groups is 2. The normalized spacial score (nSPS) is 10.2. The van der Waals surface area contributed by atoms with Crippen LogP contribution in [0, 0.1) is 0 Å². The fraction of sp³-hybridized carbons (Fsp3) is 0.0952. The minimum absolute atomic E-state index is 0.247. The number of benzene rings is 2. The zero-order valence-corrected chi connectivity index (χ0v) is 14.2. The van der Waals surface area contributed by atoms with Crippen LogP contribution in [0.15, 0.2) is 79.1 Å². The maximum atomic E-state index is 12.3. The van der Waals surface area contributed by atoms with E-state index in [0.29, 0.717) is 23.4 Å². The van der Waals surface area contributed by atoms with Crippen LogP contribution >= 0.6 is 0 Å². The summed E-state index contributed by atoms with van der Waals surface area (Å²) in [5, 5.41) is 5.63. The van der Waals surface area contributed by atoms with E-state index in [1.165, 1.54) is 12.4 Å². The minimum Gasteiger partial charge on any atom is -0.352 e. The number of para-hydroxylation sites is 1. The lowest BCUT2D eigenvalue weighted by atomic mass is 10.1. The largest absolute Gasteiger partial charge is 0.352 e. The van der Waals surface area contributed by atoms with Gasteiger partial charge >= 0.3 is 0 Å². The van der Waals surface area contributed by atoms with Gasteiger partial charge in [-0.2, -0.15) is 0 Å². The standard InChI is InChI=1S/C21H19N3O2/c25-20(23-12-11-16-7-3-1-4-8-16)17-13-18(15-22-14-17)21(26)24-19-9-5-2-6-10-19/h1-10,13-15H,11-12H2,(H,23,25)(H,24,26).